The van der Waals surface area contributed by atoms with Gasteiger partial charge in [0, 0.05) is 5.56 Å². The molecule has 0 amide bonds. The smallest absolute Gasteiger partial charge is 0.142 e. The van der Waals surface area contributed by atoms with Crippen LogP contribution < -0.4 is 11.3 Å². The number of nitrogens with two attached hydrogens (primary N) is 1. The number of hydrazine groups is 1. The van der Waals surface area contributed by atoms with Gasteiger partial charge in [0.05, 0.1) is 6.04 Å². The Kier molecular flexibility index (Phi) is 3.02. The SMILES string of the molecule is CCc1ccc(C(=NC2CC2)NN)cc1. The Hall–Kier alpha value is -1.35. The highest BCUT2D eigenvalue weighted by molar-refractivity contribution is 5.98. The number of nitrogens with zero attached hydrogens (tertiary/aromatic N) is 1. The number of aryl methyl sites for hydroxylation is 1. The quantitative estimate of drug-likeness (QED) is 0.339. The first-order valence-electron chi connectivity index (χ1n) is 5.47. The van der Waals surface area contributed by atoms with Gasteiger partial charge in [-0.25, -0.2) is 5.84 Å². The van der Waals surface area contributed by atoms with Crippen molar-refractivity contribution >= 4 is 5.84 Å². The van der Waals surface area contributed by atoms with Gasteiger partial charge in [0.2, 0.25) is 0 Å². The Labute approximate surface area is 90.4 Å². The van der Waals surface area contributed by atoms with Crippen LogP contribution in [0.25, 0.3) is 0 Å². The van der Waals surface area contributed by atoms with Crippen molar-refractivity contribution in [2.24, 2.45) is 10.8 Å². The molecule has 80 valence electrons. The average Bonchev–Trinajstić information content (AvgIpc) is 3.10. The lowest BCUT2D eigenvalue weighted by Crippen LogP contribution is -2.31. The van der Waals surface area contributed by atoms with Crippen molar-refractivity contribution < 1.29 is 0 Å². The summed E-state index contributed by atoms with van der Waals surface area (Å²) in [6.07, 6.45) is 3.45. The number of hydrogen-bond acceptors (Lipinski definition) is 2. The topological polar surface area (TPSA) is 50.4 Å². The number of hydrogen-bond donors (Lipinski definition) is 2. The second-order valence-electron chi connectivity index (χ2n) is 3.90. The molecule has 1 fully saturated rings. The Morgan fingerprint density at radius 2 is 2.07 bits per heavy atom. The molecule has 3 heteroatoms. The lowest BCUT2D eigenvalue weighted by atomic mass is 10.1. The predicted octanol–water partition coefficient (Wildman–Crippen LogP) is 1.62. The van der Waals surface area contributed by atoms with Crippen LogP contribution in [-0.4, -0.2) is 11.9 Å². The molecule has 0 aliphatic heterocycles. The van der Waals surface area contributed by atoms with Gasteiger partial charge in [-0.1, -0.05) is 31.2 Å². The number of amidine groups is 1. The van der Waals surface area contributed by atoms with E-state index >= 15 is 0 Å². The summed E-state index contributed by atoms with van der Waals surface area (Å²) >= 11 is 0. The molecule has 1 aromatic rings. The standard InChI is InChI=1S/C12H17N3/c1-2-9-3-5-10(6-4-9)12(15-13)14-11-7-8-11/h3-6,11H,2,7-8,13H2,1H3,(H,14,15). The highest BCUT2D eigenvalue weighted by atomic mass is 15.3. The Morgan fingerprint density at radius 1 is 1.40 bits per heavy atom. The molecule has 0 bridgehead atoms. The second-order valence-corrected chi connectivity index (χ2v) is 3.90. The summed E-state index contributed by atoms with van der Waals surface area (Å²) in [5.74, 6) is 6.28. The van der Waals surface area contributed by atoms with Gasteiger partial charge < -0.3 is 5.43 Å². The van der Waals surface area contributed by atoms with Crippen LogP contribution in [0.4, 0.5) is 0 Å². The molecule has 2 rings (SSSR count). The van der Waals surface area contributed by atoms with Crippen molar-refractivity contribution in [2.75, 3.05) is 0 Å². The summed E-state index contributed by atoms with van der Waals surface area (Å²) in [6, 6.07) is 8.87. The Morgan fingerprint density at radius 3 is 2.53 bits per heavy atom. The van der Waals surface area contributed by atoms with Gasteiger partial charge in [0.25, 0.3) is 0 Å². The van der Waals surface area contributed by atoms with Gasteiger partial charge in [0.1, 0.15) is 5.84 Å². The Bertz CT molecular complexity index is 350. The molecule has 1 saturated carbocycles. The van der Waals surface area contributed by atoms with E-state index in [0.29, 0.717) is 6.04 Å². The van der Waals surface area contributed by atoms with Crippen LogP contribution >= 0.6 is 0 Å². The van der Waals surface area contributed by atoms with Crippen LogP contribution in [0.1, 0.15) is 30.9 Å². The number of nitrogens with one attached hydrogen (secondary N) is 1. The van der Waals surface area contributed by atoms with E-state index in [9.17, 15) is 0 Å². The van der Waals surface area contributed by atoms with Crippen LogP contribution in [0.5, 0.6) is 0 Å². The van der Waals surface area contributed by atoms with Crippen molar-refractivity contribution in [1.29, 1.82) is 0 Å². The van der Waals surface area contributed by atoms with E-state index in [0.717, 1.165) is 17.8 Å². The summed E-state index contributed by atoms with van der Waals surface area (Å²) in [4.78, 5) is 4.51. The van der Waals surface area contributed by atoms with Crippen LogP contribution in [0.3, 0.4) is 0 Å². The third-order valence-corrected chi connectivity index (χ3v) is 2.63. The minimum Gasteiger partial charge on any atom is -0.308 e. The van der Waals surface area contributed by atoms with Crippen LogP contribution in [-0.2, 0) is 6.42 Å². The van der Waals surface area contributed by atoms with Gasteiger partial charge in [-0.15, -0.1) is 0 Å². The van der Waals surface area contributed by atoms with Crippen molar-refractivity contribution in [3.63, 3.8) is 0 Å². The lowest BCUT2D eigenvalue weighted by molar-refractivity contribution is 0.970. The number of benzene rings is 1. The van der Waals surface area contributed by atoms with Crippen molar-refractivity contribution in [3.05, 3.63) is 35.4 Å². The maximum absolute atomic E-state index is 5.47. The predicted molar refractivity (Wildman–Crippen MR) is 62.7 cm³/mol. The van der Waals surface area contributed by atoms with Gasteiger partial charge in [0.15, 0.2) is 0 Å². The normalized spacial score (nSPS) is 16.5. The van der Waals surface area contributed by atoms with E-state index < -0.39 is 0 Å². The first-order valence-corrected chi connectivity index (χ1v) is 5.47. The van der Waals surface area contributed by atoms with E-state index in [4.69, 9.17) is 5.84 Å². The summed E-state index contributed by atoms with van der Waals surface area (Å²) in [6.45, 7) is 2.15. The molecule has 3 N–H and O–H groups in total. The first-order chi connectivity index (χ1) is 7.33. The molecule has 3 nitrogen and oxygen atoms in total. The third kappa shape index (κ3) is 2.57. The van der Waals surface area contributed by atoms with Gasteiger partial charge >= 0.3 is 0 Å². The zero-order valence-corrected chi connectivity index (χ0v) is 9.03. The molecule has 1 aliphatic rings. The van der Waals surface area contributed by atoms with Crippen molar-refractivity contribution in [2.45, 2.75) is 32.2 Å². The Balaban J connectivity index is 2.18. The zero-order chi connectivity index (χ0) is 10.7. The monoisotopic (exact) mass is 203 g/mol. The summed E-state index contributed by atoms with van der Waals surface area (Å²) in [7, 11) is 0. The molecule has 0 unspecified atom stereocenters. The van der Waals surface area contributed by atoms with E-state index in [1.165, 1.54) is 18.4 Å². The molecule has 1 aliphatic carbocycles. The highest BCUT2D eigenvalue weighted by Crippen LogP contribution is 2.24. The molecule has 0 spiro atoms. The fourth-order valence-electron chi connectivity index (χ4n) is 1.48. The molecular formula is C12H17N3. The second kappa shape index (κ2) is 4.45. The van der Waals surface area contributed by atoms with Crippen LogP contribution in [0.2, 0.25) is 0 Å². The van der Waals surface area contributed by atoms with Gasteiger partial charge in [-0.3, -0.25) is 4.99 Å². The summed E-state index contributed by atoms with van der Waals surface area (Å²) < 4.78 is 0. The molecule has 0 atom stereocenters. The molecule has 15 heavy (non-hydrogen) atoms. The zero-order valence-electron chi connectivity index (χ0n) is 9.03. The summed E-state index contributed by atoms with van der Waals surface area (Å²) in [5, 5.41) is 0. The average molecular weight is 203 g/mol. The van der Waals surface area contributed by atoms with Gasteiger partial charge in [-0.2, -0.15) is 0 Å². The highest BCUT2D eigenvalue weighted by Gasteiger charge is 2.21. The van der Waals surface area contributed by atoms with E-state index in [2.05, 4.69) is 41.6 Å². The largest absolute Gasteiger partial charge is 0.308 e. The van der Waals surface area contributed by atoms with Crippen LogP contribution in [0, 0.1) is 0 Å². The molecular weight excluding hydrogens is 186 g/mol. The molecule has 0 saturated heterocycles. The van der Waals surface area contributed by atoms with Crippen molar-refractivity contribution in [3.8, 4) is 0 Å². The number of rotatable bonds is 3. The molecule has 0 aromatic heterocycles. The fraction of sp³-hybridized carbons (Fsp3) is 0.417. The lowest BCUT2D eigenvalue weighted by Gasteiger charge is -2.06. The number of aliphatic imine (C=N–C) groups is 1. The van der Waals surface area contributed by atoms with E-state index in [-0.39, 0.29) is 0 Å². The summed E-state index contributed by atoms with van der Waals surface area (Å²) in [5.41, 5.74) is 5.08. The molecule has 0 radical (unpaired) electrons. The van der Waals surface area contributed by atoms with Crippen molar-refractivity contribution in [1.82, 2.24) is 5.43 Å². The van der Waals surface area contributed by atoms with Crippen LogP contribution in [0.15, 0.2) is 29.3 Å². The molecule has 1 aromatic carbocycles. The maximum atomic E-state index is 5.47. The minimum absolute atomic E-state index is 0.488. The first kappa shape index (κ1) is 10.2. The minimum atomic E-state index is 0.488. The maximum Gasteiger partial charge on any atom is 0.142 e. The van der Waals surface area contributed by atoms with E-state index in [1.807, 2.05) is 0 Å². The van der Waals surface area contributed by atoms with Gasteiger partial charge in [-0.05, 0) is 24.8 Å². The third-order valence-electron chi connectivity index (χ3n) is 2.63. The molecule has 0 heterocycles. The fourth-order valence-corrected chi connectivity index (χ4v) is 1.48. The van der Waals surface area contributed by atoms with E-state index in [1.54, 1.807) is 0 Å².